The van der Waals surface area contributed by atoms with Crippen LogP contribution in [-0.4, -0.2) is 78.6 Å². The number of carbonyl (C=O) groups is 3. The number of amides is 3. The molecule has 0 unspecified atom stereocenters. The van der Waals surface area contributed by atoms with Gasteiger partial charge in [0.25, 0.3) is 5.91 Å². The number of carbonyl (C=O) groups excluding carboxylic acids is 3. The van der Waals surface area contributed by atoms with Gasteiger partial charge in [-0.15, -0.1) is 0 Å². The zero-order valence-corrected chi connectivity index (χ0v) is 26.0. The number of benzene rings is 2. The first-order chi connectivity index (χ1) is 22.2. The van der Waals surface area contributed by atoms with Gasteiger partial charge < -0.3 is 30.5 Å². The van der Waals surface area contributed by atoms with E-state index in [1.807, 2.05) is 59.5 Å². The van der Waals surface area contributed by atoms with Gasteiger partial charge in [-0.3, -0.25) is 19.9 Å². The van der Waals surface area contributed by atoms with Crippen molar-refractivity contribution in [2.75, 3.05) is 60.2 Å². The Balaban J connectivity index is 1.31. The highest BCUT2D eigenvalue weighted by molar-refractivity contribution is 6.11. The molecule has 0 aliphatic carbocycles. The van der Waals surface area contributed by atoms with Crippen LogP contribution in [0.25, 0.3) is 10.9 Å². The average molecular weight is 623 g/mol. The lowest BCUT2D eigenvalue weighted by molar-refractivity contribution is -0.129. The second-order valence-electron chi connectivity index (χ2n) is 12.0. The number of piperazine rings is 1. The van der Waals surface area contributed by atoms with Crippen LogP contribution in [0, 0.1) is 5.92 Å². The van der Waals surface area contributed by atoms with Crippen LogP contribution in [0.2, 0.25) is 0 Å². The fourth-order valence-electron chi connectivity index (χ4n) is 6.01. The number of aromatic nitrogens is 2. The van der Waals surface area contributed by atoms with Gasteiger partial charge >= 0.3 is 6.09 Å². The molecule has 6 rings (SSSR count). The van der Waals surface area contributed by atoms with Gasteiger partial charge in [0, 0.05) is 56.5 Å². The van der Waals surface area contributed by atoms with Crippen molar-refractivity contribution in [3.05, 3.63) is 84.3 Å². The summed E-state index contributed by atoms with van der Waals surface area (Å²) in [6, 6.07) is 18.5. The van der Waals surface area contributed by atoms with Crippen LogP contribution in [0.1, 0.15) is 29.4 Å². The highest BCUT2D eigenvalue weighted by Gasteiger charge is 2.26. The van der Waals surface area contributed by atoms with Crippen molar-refractivity contribution >= 4 is 51.6 Å². The van der Waals surface area contributed by atoms with E-state index < -0.39 is 12.0 Å². The van der Waals surface area contributed by atoms with Gasteiger partial charge in [0.05, 0.1) is 35.3 Å². The minimum Gasteiger partial charge on any atom is -0.444 e. The fraction of sp³-hybridized carbons (Fsp3) is 0.324. The van der Waals surface area contributed by atoms with Gasteiger partial charge in [0.15, 0.2) is 5.69 Å². The molecule has 2 aliphatic rings. The van der Waals surface area contributed by atoms with Crippen LogP contribution < -0.4 is 26.2 Å². The third-order valence-electron chi connectivity index (χ3n) is 8.37. The Morgan fingerprint density at radius 2 is 1.83 bits per heavy atom. The molecule has 4 heterocycles. The molecule has 46 heavy (non-hydrogen) atoms. The normalized spacial score (nSPS) is 18.4. The molecule has 2 aromatic heterocycles. The van der Waals surface area contributed by atoms with Crippen molar-refractivity contribution in [1.29, 1.82) is 0 Å². The number of rotatable bonds is 7. The van der Waals surface area contributed by atoms with E-state index in [-0.39, 0.29) is 36.5 Å². The number of hydrogen-bond acceptors (Lipinski definition) is 9. The van der Waals surface area contributed by atoms with E-state index in [2.05, 4.69) is 27.4 Å². The molecule has 12 heteroatoms. The van der Waals surface area contributed by atoms with Crippen LogP contribution in [0.15, 0.2) is 73.1 Å². The molecular formula is C34H38N8O4. The van der Waals surface area contributed by atoms with Crippen molar-refractivity contribution in [2.24, 2.45) is 11.7 Å². The molecule has 4 aromatic rings. The van der Waals surface area contributed by atoms with E-state index >= 15 is 0 Å². The van der Waals surface area contributed by atoms with E-state index in [0.29, 0.717) is 42.1 Å². The number of anilines is 4. The molecule has 2 saturated heterocycles. The number of hydrogen-bond donors (Lipinski definition) is 3. The van der Waals surface area contributed by atoms with Crippen LogP contribution in [0.4, 0.5) is 27.5 Å². The van der Waals surface area contributed by atoms with Crippen molar-refractivity contribution in [3.8, 4) is 0 Å². The van der Waals surface area contributed by atoms with E-state index in [0.717, 1.165) is 29.9 Å². The Bertz CT molecular complexity index is 1740. The molecule has 0 saturated carbocycles. The topological polar surface area (TPSA) is 146 Å². The molecule has 2 aliphatic heterocycles. The van der Waals surface area contributed by atoms with E-state index in [9.17, 15) is 14.4 Å². The third kappa shape index (κ3) is 7.02. The summed E-state index contributed by atoms with van der Waals surface area (Å²) >= 11 is 0. The Hall–Kier alpha value is -5.23. The second kappa shape index (κ2) is 13.4. The molecule has 2 atom stereocenters. The molecule has 4 N–H and O–H groups in total. The van der Waals surface area contributed by atoms with E-state index in [1.165, 1.54) is 0 Å². The lowest BCUT2D eigenvalue weighted by atomic mass is 9.96. The predicted octanol–water partition coefficient (Wildman–Crippen LogP) is 4.08. The summed E-state index contributed by atoms with van der Waals surface area (Å²) in [7, 11) is 1.79. The zero-order valence-electron chi connectivity index (χ0n) is 26.0. The zero-order chi connectivity index (χ0) is 32.2. The Kier molecular flexibility index (Phi) is 8.97. The first-order valence-corrected chi connectivity index (χ1v) is 15.4. The van der Waals surface area contributed by atoms with Gasteiger partial charge in [0.1, 0.15) is 6.61 Å². The summed E-state index contributed by atoms with van der Waals surface area (Å²) in [5, 5.41) is 6.42. The molecular weight excluding hydrogens is 584 g/mol. The van der Waals surface area contributed by atoms with Crippen molar-refractivity contribution in [3.63, 3.8) is 0 Å². The van der Waals surface area contributed by atoms with Crippen molar-refractivity contribution in [2.45, 2.75) is 26.0 Å². The van der Waals surface area contributed by atoms with Crippen LogP contribution in [0.5, 0.6) is 0 Å². The fourth-order valence-corrected chi connectivity index (χ4v) is 6.01. The molecule has 0 spiro atoms. The molecule has 3 amide bonds. The maximum Gasteiger partial charge on any atom is 0.412 e. The summed E-state index contributed by atoms with van der Waals surface area (Å²) in [4.78, 5) is 54.1. The first-order valence-electron chi connectivity index (χ1n) is 15.4. The lowest BCUT2D eigenvalue weighted by Crippen LogP contribution is -2.48. The number of fused-ring (bicyclic) bond motifs is 1. The van der Waals surface area contributed by atoms with Gasteiger partial charge in [-0.05, 0) is 42.2 Å². The molecule has 0 radical (unpaired) electrons. The lowest BCUT2D eigenvalue weighted by Gasteiger charge is -2.37. The molecule has 0 bridgehead atoms. The first kappa shape index (κ1) is 30.8. The summed E-state index contributed by atoms with van der Waals surface area (Å²) in [5.74, 6) is -0.0987. The number of nitrogens with zero attached hydrogens (tertiary/aromatic N) is 5. The van der Waals surface area contributed by atoms with Crippen LogP contribution in [-0.2, 0) is 16.1 Å². The minimum atomic E-state index is -0.718. The quantitative estimate of drug-likeness (QED) is 0.278. The molecule has 2 aromatic carbocycles. The van der Waals surface area contributed by atoms with Crippen LogP contribution in [0.3, 0.4) is 0 Å². The summed E-state index contributed by atoms with van der Waals surface area (Å²) in [6.07, 6.45) is 3.50. The van der Waals surface area contributed by atoms with Gasteiger partial charge in [-0.25, -0.2) is 9.78 Å². The number of piperidine rings is 1. The Morgan fingerprint density at radius 3 is 2.61 bits per heavy atom. The Labute approximate surface area is 267 Å². The van der Waals surface area contributed by atoms with E-state index in [1.54, 1.807) is 30.4 Å². The second-order valence-corrected chi connectivity index (χ2v) is 12.0. The predicted molar refractivity (Wildman–Crippen MR) is 178 cm³/mol. The highest BCUT2D eigenvalue weighted by Crippen LogP contribution is 2.31. The van der Waals surface area contributed by atoms with E-state index in [4.69, 9.17) is 15.5 Å². The van der Waals surface area contributed by atoms with Gasteiger partial charge in [0.2, 0.25) is 5.91 Å². The number of likely N-dealkylation sites (N-methyl/N-ethyl adjacent to an activating group) is 1. The SMILES string of the molecule is C[C@@H]1C[C@H](N)CN(c2ccncc2NC(=O)c2nc3cc(N4CCN(C)C(=O)C4)ccc3cc2NC(=O)OCc2ccccc2)C1. The molecule has 12 nitrogen and oxygen atoms in total. The van der Waals surface area contributed by atoms with Gasteiger partial charge in [-0.1, -0.05) is 43.3 Å². The monoisotopic (exact) mass is 622 g/mol. The number of pyridine rings is 2. The molecule has 238 valence electrons. The summed E-state index contributed by atoms with van der Waals surface area (Å²) < 4.78 is 5.45. The standard InChI is InChI=1S/C34H38N8O4/c1-22-14-25(35)19-42(18-22)30-10-11-36-17-29(30)38-33(44)32-28(39-34(45)46-21-23-6-4-3-5-7-23)15-24-8-9-26(16-27(24)37-32)41-13-12-40(2)31(43)20-41/h3-11,15-17,22,25H,12-14,18-21,35H2,1-2H3,(H,38,44)(H,39,45)/t22-,25+/m1/s1. The maximum atomic E-state index is 14.0. The maximum absolute atomic E-state index is 14.0. The minimum absolute atomic E-state index is 0.00859. The highest BCUT2D eigenvalue weighted by atomic mass is 16.5. The average Bonchev–Trinajstić information content (AvgIpc) is 3.05. The number of ether oxygens (including phenoxy) is 1. The smallest absolute Gasteiger partial charge is 0.412 e. The summed E-state index contributed by atoms with van der Waals surface area (Å²) in [6.45, 7) is 5.22. The van der Waals surface area contributed by atoms with Crippen molar-refractivity contribution in [1.82, 2.24) is 14.9 Å². The van der Waals surface area contributed by atoms with Crippen LogP contribution >= 0.6 is 0 Å². The van der Waals surface area contributed by atoms with Gasteiger partial charge in [-0.2, -0.15) is 0 Å². The largest absolute Gasteiger partial charge is 0.444 e. The third-order valence-corrected chi connectivity index (χ3v) is 8.37. The number of nitrogens with one attached hydrogen (secondary N) is 2. The van der Waals surface area contributed by atoms with Crippen molar-refractivity contribution < 1.29 is 19.1 Å². The Morgan fingerprint density at radius 1 is 1.00 bits per heavy atom. The number of nitrogens with two attached hydrogens (primary N) is 1. The molecule has 2 fully saturated rings. The summed E-state index contributed by atoms with van der Waals surface area (Å²) in [5.41, 5.74) is 10.0.